The predicted octanol–water partition coefficient (Wildman–Crippen LogP) is 4.92. The third kappa shape index (κ3) is 11.9. The van der Waals surface area contributed by atoms with Gasteiger partial charge in [-0.3, -0.25) is 4.79 Å². The monoisotopic (exact) mass is 481 g/mol. The van der Waals surface area contributed by atoms with Crippen LogP contribution in [0, 0.1) is 11.8 Å². The Hall–Kier alpha value is -1.59. The topological polar surface area (TPSA) is 81.1 Å². The minimum Gasteiger partial charge on any atom is -0.354 e. The molecule has 180 valence electrons. The van der Waals surface area contributed by atoms with Crippen molar-refractivity contribution in [2.45, 2.75) is 64.5 Å². The lowest BCUT2D eigenvalue weighted by Crippen LogP contribution is -2.41. The Morgan fingerprint density at radius 1 is 0.781 bits per heavy atom. The lowest BCUT2D eigenvalue weighted by atomic mass is 9.92. The summed E-state index contributed by atoms with van der Waals surface area (Å²) < 4.78 is 0. The minimum atomic E-state index is -0.0531. The molecular formula is C26H41Cl2N3O. The largest absolute Gasteiger partial charge is 0.354 e. The molecule has 6 heteroatoms. The Morgan fingerprint density at radius 3 is 1.69 bits per heavy atom. The van der Waals surface area contributed by atoms with Gasteiger partial charge in [0.2, 0.25) is 5.91 Å². The number of nitrogens with one attached hydrogen (secondary N) is 1. The first-order valence-corrected chi connectivity index (χ1v) is 11.3. The Morgan fingerprint density at radius 2 is 1.25 bits per heavy atom. The van der Waals surface area contributed by atoms with E-state index in [-0.39, 0.29) is 48.7 Å². The fraction of sp³-hybridized carbons (Fsp3) is 0.500. The van der Waals surface area contributed by atoms with Crippen LogP contribution in [0.15, 0.2) is 60.7 Å². The van der Waals surface area contributed by atoms with E-state index < -0.39 is 0 Å². The summed E-state index contributed by atoms with van der Waals surface area (Å²) in [4.78, 5) is 12.9. The number of hydrogen-bond donors (Lipinski definition) is 3. The van der Waals surface area contributed by atoms with Gasteiger partial charge in [0.15, 0.2) is 0 Å². The molecule has 5 N–H and O–H groups in total. The van der Waals surface area contributed by atoms with Gasteiger partial charge in [0.05, 0.1) is 0 Å². The van der Waals surface area contributed by atoms with Gasteiger partial charge in [-0.15, -0.1) is 24.8 Å². The Kier molecular flexibility index (Phi) is 16.1. The second kappa shape index (κ2) is 17.0. The normalized spacial score (nSPS) is 12.6. The highest BCUT2D eigenvalue weighted by Gasteiger charge is 2.19. The molecule has 0 bridgehead atoms. The smallest absolute Gasteiger partial charge is 0.223 e. The van der Waals surface area contributed by atoms with Crippen molar-refractivity contribution in [3.8, 4) is 0 Å². The summed E-state index contributed by atoms with van der Waals surface area (Å²) in [7, 11) is 0. The van der Waals surface area contributed by atoms with Gasteiger partial charge >= 0.3 is 0 Å². The first kappa shape index (κ1) is 30.4. The molecule has 0 aliphatic heterocycles. The first-order chi connectivity index (χ1) is 14.5. The number of rotatable bonds is 13. The average molecular weight is 483 g/mol. The van der Waals surface area contributed by atoms with E-state index in [9.17, 15) is 4.79 Å². The maximum atomic E-state index is 12.9. The van der Waals surface area contributed by atoms with E-state index in [2.05, 4.69) is 67.7 Å². The molecule has 0 aromatic heterocycles. The molecule has 0 saturated carbocycles. The summed E-state index contributed by atoms with van der Waals surface area (Å²) in [5.74, 6) is 0.549. The fourth-order valence-electron chi connectivity index (χ4n) is 3.60. The van der Waals surface area contributed by atoms with Crippen molar-refractivity contribution in [1.29, 1.82) is 0 Å². The number of benzene rings is 2. The van der Waals surface area contributed by atoms with Crippen LogP contribution in [-0.2, 0) is 17.6 Å². The second-order valence-electron chi connectivity index (χ2n) is 8.74. The van der Waals surface area contributed by atoms with Crippen molar-refractivity contribution in [3.05, 3.63) is 71.8 Å². The van der Waals surface area contributed by atoms with E-state index >= 15 is 0 Å². The molecule has 2 aromatic rings. The lowest BCUT2D eigenvalue weighted by molar-refractivity contribution is -0.125. The van der Waals surface area contributed by atoms with Gasteiger partial charge < -0.3 is 16.8 Å². The maximum absolute atomic E-state index is 12.9. The highest BCUT2D eigenvalue weighted by Crippen LogP contribution is 2.17. The van der Waals surface area contributed by atoms with Crippen molar-refractivity contribution in [2.24, 2.45) is 23.3 Å². The van der Waals surface area contributed by atoms with Gasteiger partial charge in [-0.05, 0) is 55.6 Å². The summed E-state index contributed by atoms with van der Waals surface area (Å²) in [5.41, 5.74) is 14.9. The zero-order chi connectivity index (χ0) is 21.8. The van der Waals surface area contributed by atoms with E-state index in [0.29, 0.717) is 12.5 Å². The van der Waals surface area contributed by atoms with Crippen molar-refractivity contribution in [1.82, 2.24) is 5.32 Å². The summed E-state index contributed by atoms with van der Waals surface area (Å²) in [5, 5.41) is 3.10. The van der Waals surface area contributed by atoms with Gasteiger partial charge in [0, 0.05) is 24.5 Å². The Labute approximate surface area is 206 Å². The molecule has 0 aliphatic carbocycles. The zero-order valence-corrected chi connectivity index (χ0v) is 21.0. The SMILES string of the molecule is CC(C)C(N)CC[C@H](N)CNC(=O)C(CCc1ccccc1)CCc1ccccc1.Cl.Cl. The van der Waals surface area contributed by atoms with Crippen molar-refractivity contribution < 1.29 is 4.79 Å². The Balaban J connectivity index is 0.00000480. The first-order valence-electron chi connectivity index (χ1n) is 11.3. The van der Waals surface area contributed by atoms with Gasteiger partial charge in [-0.1, -0.05) is 74.5 Å². The zero-order valence-electron chi connectivity index (χ0n) is 19.4. The van der Waals surface area contributed by atoms with E-state index in [4.69, 9.17) is 11.5 Å². The molecule has 2 atom stereocenters. The molecule has 4 nitrogen and oxygen atoms in total. The Bertz CT molecular complexity index is 685. The fourth-order valence-corrected chi connectivity index (χ4v) is 3.60. The quantitative estimate of drug-likeness (QED) is 0.379. The molecule has 0 fully saturated rings. The molecule has 1 unspecified atom stereocenters. The average Bonchev–Trinajstić information content (AvgIpc) is 2.77. The molecule has 2 rings (SSSR count). The molecule has 32 heavy (non-hydrogen) atoms. The van der Waals surface area contributed by atoms with Crippen LogP contribution >= 0.6 is 24.8 Å². The number of aryl methyl sites for hydroxylation is 2. The minimum absolute atomic E-state index is 0. The van der Waals surface area contributed by atoms with Gasteiger partial charge in [-0.25, -0.2) is 0 Å². The summed E-state index contributed by atoms with van der Waals surface area (Å²) >= 11 is 0. The number of halogens is 2. The highest BCUT2D eigenvalue weighted by atomic mass is 35.5. The van der Waals surface area contributed by atoms with E-state index in [1.807, 2.05) is 12.1 Å². The van der Waals surface area contributed by atoms with Gasteiger partial charge in [0.25, 0.3) is 0 Å². The number of nitrogens with two attached hydrogens (primary N) is 2. The predicted molar refractivity (Wildman–Crippen MR) is 141 cm³/mol. The molecule has 0 heterocycles. The number of amides is 1. The van der Waals surface area contributed by atoms with Crippen LogP contribution in [0.5, 0.6) is 0 Å². The summed E-state index contributed by atoms with van der Waals surface area (Å²) in [6, 6.07) is 20.9. The van der Waals surface area contributed by atoms with Crippen LogP contribution in [0.25, 0.3) is 0 Å². The molecular weight excluding hydrogens is 441 g/mol. The van der Waals surface area contributed by atoms with Crippen LogP contribution in [0.1, 0.15) is 50.7 Å². The molecule has 1 amide bonds. The van der Waals surface area contributed by atoms with E-state index in [0.717, 1.165) is 38.5 Å². The molecule has 0 spiro atoms. The summed E-state index contributed by atoms with van der Waals surface area (Å²) in [6.07, 6.45) is 5.22. The van der Waals surface area contributed by atoms with Crippen LogP contribution < -0.4 is 16.8 Å². The third-order valence-corrected chi connectivity index (χ3v) is 5.88. The standard InChI is InChI=1S/C26H39N3O.2ClH/c1-20(2)25(28)18-17-24(27)19-29-26(30)23(15-13-21-9-5-3-6-10-21)16-14-22-11-7-4-8-12-22;;/h3-12,20,23-25H,13-19,27-28H2,1-2H3,(H,29,30);2*1H/t24-,25?;;/m0../s1. The second-order valence-corrected chi connectivity index (χ2v) is 8.74. The van der Waals surface area contributed by atoms with Crippen molar-refractivity contribution in [3.63, 3.8) is 0 Å². The van der Waals surface area contributed by atoms with Crippen molar-refractivity contribution >= 4 is 30.7 Å². The van der Waals surface area contributed by atoms with Gasteiger partial charge in [-0.2, -0.15) is 0 Å². The van der Waals surface area contributed by atoms with Crippen LogP contribution in [-0.4, -0.2) is 24.5 Å². The molecule has 0 saturated heterocycles. The molecule has 0 aliphatic rings. The maximum Gasteiger partial charge on any atom is 0.223 e. The summed E-state index contributed by atoms with van der Waals surface area (Å²) in [6.45, 7) is 4.76. The van der Waals surface area contributed by atoms with Crippen molar-refractivity contribution in [2.75, 3.05) is 6.54 Å². The van der Waals surface area contributed by atoms with Crippen LogP contribution in [0.3, 0.4) is 0 Å². The molecule has 2 aromatic carbocycles. The molecule has 0 radical (unpaired) electrons. The lowest BCUT2D eigenvalue weighted by Gasteiger charge is -2.21. The van der Waals surface area contributed by atoms with E-state index in [1.54, 1.807) is 0 Å². The number of carbonyl (C=O) groups is 1. The van der Waals surface area contributed by atoms with Gasteiger partial charge in [0.1, 0.15) is 0 Å². The van der Waals surface area contributed by atoms with Crippen LogP contribution in [0.4, 0.5) is 0 Å². The third-order valence-electron chi connectivity index (χ3n) is 5.88. The highest BCUT2D eigenvalue weighted by molar-refractivity contribution is 5.85. The van der Waals surface area contributed by atoms with E-state index in [1.165, 1.54) is 11.1 Å². The van der Waals surface area contributed by atoms with Crippen LogP contribution in [0.2, 0.25) is 0 Å². The number of hydrogen-bond acceptors (Lipinski definition) is 3. The number of carbonyl (C=O) groups excluding carboxylic acids is 1.